The third kappa shape index (κ3) is 4.85. The fourth-order valence-corrected chi connectivity index (χ4v) is 4.82. The van der Waals surface area contributed by atoms with Gasteiger partial charge < -0.3 is 15.1 Å². The third-order valence-electron chi connectivity index (χ3n) is 5.00. The van der Waals surface area contributed by atoms with Gasteiger partial charge in [0, 0.05) is 32.7 Å². The molecular weight excluding hydrogens is 324 g/mol. The summed E-state index contributed by atoms with van der Waals surface area (Å²) in [7, 11) is -3.02. The molecule has 2 heterocycles. The number of nitrogens with one attached hydrogen (secondary N) is 1. The second kappa shape index (κ2) is 8.04. The number of rotatable bonds is 5. The number of aliphatic imine (C=N–C) groups is 1. The topological polar surface area (TPSA) is 65.0 Å². The van der Waals surface area contributed by atoms with Gasteiger partial charge in [0.05, 0.1) is 10.5 Å². The van der Waals surface area contributed by atoms with Crippen molar-refractivity contribution in [1.82, 2.24) is 15.1 Å². The Balaban J connectivity index is 1.97. The van der Waals surface area contributed by atoms with Crippen LogP contribution in [0.5, 0.6) is 0 Å². The predicted octanol–water partition coefficient (Wildman–Crippen LogP) is 1.19. The Kier molecular flexibility index (Phi) is 6.53. The summed E-state index contributed by atoms with van der Waals surface area (Å²) in [6.45, 7) is 14.1. The van der Waals surface area contributed by atoms with E-state index in [1.807, 2.05) is 13.8 Å². The van der Waals surface area contributed by atoms with Crippen LogP contribution in [0.25, 0.3) is 0 Å². The number of likely N-dealkylation sites (tertiary alicyclic amines) is 1. The lowest BCUT2D eigenvalue weighted by molar-refractivity contribution is 0.290. The summed E-state index contributed by atoms with van der Waals surface area (Å²) in [6.07, 6.45) is 2.63. The molecule has 0 aromatic carbocycles. The molecule has 0 aromatic heterocycles. The van der Waals surface area contributed by atoms with E-state index in [9.17, 15) is 8.42 Å². The first-order valence-electron chi connectivity index (χ1n) is 9.23. The largest absolute Gasteiger partial charge is 0.357 e. The van der Waals surface area contributed by atoms with Crippen LogP contribution in [0.2, 0.25) is 0 Å². The van der Waals surface area contributed by atoms with Crippen LogP contribution in [0, 0.1) is 5.92 Å². The van der Waals surface area contributed by atoms with Crippen molar-refractivity contribution in [2.45, 2.75) is 45.3 Å². The SMILES string of the molecule is CCNC(=NCC(C)CN1CCCC1)N1CCS(=O)(=O)C(C)(C)C1. The Morgan fingerprint density at radius 3 is 2.50 bits per heavy atom. The monoisotopic (exact) mass is 358 g/mol. The molecule has 0 aliphatic carbocycles. The molecule has 1 unspecified atom stereocenters. The molecule has 7 heteroatoms. The Labute approximate surface area is 147 Å². The van der Waals surface area contributed by atoms with Gasteiger partial charge in [-0.1, -0.05) is 6.92 Å². The van der Waals surface area contributed by atoms with Crippen molar-refractivity contribution in [2.75, 3.05) is 51.6 Å². The maximum Gasteiger partial charge on any atom is 0.194 e. The minimum atomic E-state index is -3.02. The van der Waals surface area contributed by atoms with Crippen LogP contribution in [0.1, 0.15) is 40.5 Å². The molecule has 2 rings (SSSR count). The highest BCUT2D eigenvalue weighted by molar-refractivity contribution is 7.92. The summed E-state index contributed by atoms with van der Waals surface area (Å²) in [5.41, 5.74) is 0. The molecule has 2 fully saturated rings. The van der Waals surface area contributed by atoms with Gasteiger partial charge >= 0.3 is 0 Å². The second-order valence-electron chi connectivity index (χ2n) is 7.81. The predicted molar refractivity (Wildman–Crippen MR) is 100 cm³/mol. The summed E-state index contributed by atoms with van der Waals surface area (Å²) in [6, 6.07) is 0. The number of hydrogen-bond acceptors (Lipinski definition) is 4. The lowest BCUT2D eigenvalue weighted by Crippen LogP contribution is -2.57. The molecule has 0 aromatic rings. The number of sulfone groups is 1. The van der Waals surface area contributed by atoms with E-state index in [4.69, 9.17) is 4.99 Å². The Bertz CT molecular complexity index is 539. The number of hydrogen-bond donors (Lipinski definition) is 1. The van der Waals surface area contributed by atoms with Gasteiger partial charge in [-0.15, -0.1) is 0 Å². The van der Waals surface area contributed by atoms with Crippen LogP contribution in [-0.2, 0) is 9.84 Å². The Morgan fingerprint density at radius 2 is 1.92 bits per heavy atom. The highest BCUT2D eigenvalue weighted by Gasteiger charge is 2.40. The van der Waals surface area contributed by atoms with Gasteiger partial charge in [0.1, 0.15) is 0 Å². The van der Waals surface area contributed by atoms with Crippen LogP contribution < -0.4 is 5.32 Å². The summed E-state index contributed by atoms with van der Waals surface area (Å²) < 4.78 is 23.7. The first-order chi connectivity index (χ1) is 11.2. The normalized spacial score (nSPS) is 25.7. The van der Waals surface area contributed by atoms with E-state index in [1.54, 1.807) is 0 Å². The van der Waals surface area contributed by atoms with Crippen LogP contribution in [0.4, 0.5) is 0 Å². The van der Waals surface area contributed by atoms with E-state index >= 15 is 0 Å². The standard InChI is InChI=1S/C17H34N4O2S/c1-5-18-16(19-12-15(2)13-20-8-6-7-9-20)21-10-11-24(22,23)17(3,4)14-21/h15H,5-14H2,1-4H3,(H,18,19). The average Bonchev–Trinajstić information content (AvgIpc) is 2.99. The molecule has 2 saturated heterocycles. The quantitative estimate of drug-likeness (QED) is 0.591. The van der Waals surface area contributed by atoms with Gasteiger partial charge in [0.2, 0.25) is 0 Å². The van der Waals surface area contributed by atoms with E-state index in [1.165, 1.54) is 25.9 Å². The fraction of sp³-hybridized carbons (Fsp3) is 0.941. The molecule has 6 nitrogen and oxygen atoms in total. The Hall–Kier alpha value is -0.820. The smallest absolute Gasteiger partial charge is 0.194 e. The lowest BCUT2D eigenvalue weighted by atomic mass is 10.1. The zero-order valence-corrected chi connectivity index (χ0v) is 16.5. The molecule has 1 N–H and O–H groups in total. The van der Waals surface area contributed by atoms with E-state index in [0.29, 0.717) is 19.0 Å². The molecular formula is C17H34N4O2S. The second-order valence-corrected chi connectivity index (χ2v) is 10.6. The summed E-state index contributed by atoms with van der Waals surface area (Å²) in [4.78, 5) is 9.42. The number of guanidine groups is 1. The van der Waals surface area contributed by atoms with Crippen LogP contribution in [0.3, 0.4) is 0 Å². The molecule has 2 aliphatic rings. The molecule has 0 spiro atoms. The summed E-state index contributed by atoms with van der Waals surface area (Å²) >= 11 is 0. The molecule has 1 atom stereocenters. The molecule has 0 saturated carbocycles. The summed E-state index contributed by atoms with van der Waals surface area (Å²) in [5.74, 6) is 1.57. The maximum absolute atomic E-state index is 12.2. The lowest BCUT2D eigenvalue weighted by Gasteiger charge is -2.39. The maximum atomic E-state index is 12.2. The van der Waals surface area contributed by atoms with Crippen molar-refractivity contribution < 1.29 is 8.42 Å². The molecule has 0 bridgehead atoms. The van der Waals surface area contributed by atoms with Crippen molar-refractivity contribution in [3.63, 3.8) is 0 Å². The van der Waals surface area contributed by atoms with Crippen LogP contribution in [0.15, 0.2) is 4.99 Å². The first kappa shape index (κ1) is 19.5. The van der Waals surface area contributed by atoms with Gasteiger partial charge in [-0.25, -0.2) is 8.42 Å². The van der Waals surface area contributed by atoms with Crippen molar-refractivity contribution in [3.05, 3.63) is 0 Å². The zero-order chi connectivity index (χ0) is 17.8. The zero-order valence-electron chi connectivity index (χ0n) is 15.7. The average molecular weight is 359 g/mol. The summed E-state index contributed by atoms with van der Waals surface area (Å²) in [5, 5.41) is 3.33. The van der Waals surface area contributed by atoms with Crippen molar-refractivity contribution in [2.24, 2.45) is 10.9 Å². The Morgan fingerprint density at radius 1 is 1.25 bits per heavy atom. The van der Waals surface area contributed by atoms with E-state index in [-0.39, 0.29) is 5.75 Å². The van der Waals surface area contributed by atoms with E-state index in [0.717, 1.165) is 25.6 Å². The van der Waals surface area contributed by atoms with Crippen molar-refractivity contribution >= 4 is 15.8 Å². The van der Waals surface area contributed by atoms with Crippen molar-refractivity contribution in [1.29, 1.82) is 0 Å². The van der Waals surface area contributed by atoms with Gasteiger partial charge in [-0.3, -0.25) is 4.99 Å². The van der Waals surface area contributed by atoms with Gasteiger partial charge in [-0.05, 0) is 52.6 Å². The van der Waals surface area contributed by atoms with Gasteiger partial charge in [0.15, 0.2) is 15.8 Å². The first-order valence-corrected chi connectivity index (χ1v) is 10.9. The van der Waals surface area contributed by atoms with Crippen LogP contribution >= 0.6 is 0 Å². The molecule has 24 heavy (non-hydrogen) atoms. The molecule has 0 amide bonds. The van der Waals surface area contributed by atoms with E-state index < -0.39 is 14.6 Å². The minimum Gasteiger partial charge on any atom is -0.357 e. The third-order valence-corrected chi connectivity index (χ3v) is 7.53. The molecule has 0 radical (unpaired) electrons. The fourth-order valence-electron chi connectivity index (χ4n) is 3.46. The minimum absolute atomic E-state index is 0.202. The van der Waals surface area contributed by atoms with Crippen molar-refractivity contribution in [3.8, 4) is 0 Å². The number of nitrogens with zero attached hydrogens (tertiary/aromatic N) is 3. The van der Waals surface area contributed by atoms with E-state index in [2.05, 4.69) is 29.0 Å². The molecule has 2 aliphatic heterocycles. The molecule has 140 valence electrons. The highest BCUT2D eigenvalue weighted by atomic mass is 32.2. The highest BCUT2D eigenvalue weighted by Crippen LogP contribution is 2.23. The van der Waals surface area contributed by atoms with Crippen LogP contribution in [-0.4, -0.2) is 80.5 Å². The van der Waals surface area contributed by atoms with Gasteiger partial charge in [-0.2, -0.15) is 0 Å². The van der Waals surface area contributed by atoms with Gasteiger partial charge in [0.25, 0.3) is 0 Å².